The molecular formula is C45H26O. The molecule has 2 aliphatic carbocycles. The molecule has 8 aromatic rings. The zero-order valence-electron chi connectivity index (χ0n) is 24.9. The van der Waals surface area contributed by atoms with E-state index in [9.17, 15) is 0 Å². The number of para-hydroxylation sites is 1. The lowest BCUT2D eigenvalue weighted by molar-refractivity contribution is 0.487. The van der Waals surface area contributed by atoms with Gasteiger partial charge >= 0.3 is 0 Å². The van der Waals surface area contributed by atoms with Crippen molar-refractivity contribution in [3.63, 3.8) is 0 Å². The summed E-state index contributed by atoms with van der Waals surface area (Å²) in [6.45, 7) is 0. The predicted octanol–water partition coefficient (Wildman–Crippen LogP) is 11.8. The van der Waals surface area contributed by atoms with E-state index in [0.717, 1.165) is 17.1 Å². The van der Waals surface area contributed by atoms with Crippen molar-refractivity contribution in [3.8, 4) is 56.0 Å². The normalized spacial score (nSPS) is 16.1. The second-order valence-corrected chi connectivity index (χ2v) is 12.7. The van der Waals surface area contributed by atoms with Crippen LogP contribution < -0.4 is 4.74 Å². The summed E-state index contributed by atoms with van der Waals surface area (Å²) in [5.74, 6) is 1.83. The molecule has 11 rings (SSSR count). The third kappa shape index (κ3) is 2.87. The molecular weight excluding hydrogens is 556 g/mol. The summed E-state index contributed by atoms with van der Waals surface area (Å²) in [6.07, 6.45) is 0. The van der Waals surface area contributed by atoms with Gasteiger partial charge in [0, 0.05) is 10.9 Å². The van der Waals surface area contributed by atoms with Gasteiger partial charge in [0.15, 0.2) is 0 Å². The van der Waals surface area contributed by atoms with Crippen molar-refractivity contribution in [2.75, 3.05) is 0 Å². The van der Waals surface area contributed by atoms with Gasteiger partial charge in [0.2, 0.25) is 0 Å². The minimum Gasteiger partial charge on any atom is -0.456 e. The molecule has 1 heteroatoms. The van der Waals surface area contributed by atoms with E-state index in [1.807, 2.05) is 6.07 Å². The second kappa shape index (κ2) is 8.62. The molecule has 8 aromatic carbocycles. The third-order valence-corrected chi connectivity index (χ3v) is 10.7. The van der Waals surface area contributed by atoms with E-state index in [0.29, 0.717) is 0 Å². The Morgan fingerprint density at radius 2 is 1.00 bits per heavy atom. The Kier molecular flexibility index (Phi) is 4.57. The Hall–Kier alpha value is -5.92. The van der Waals surface area contributed by atoms with Crippen LogP contribution in [0.3, 0.4) is 0 Å². The minimum absolute atomic E-state index is 0.414. The maximum atomic E-state index is 6.45. The van der Waals surface area contributed by atoms with Crippen LogP contribution in [0.2, 0.25) is 0 Å². The third-order valence-electron chi connectivity index (χ3n) is 10.7. The Labute approximate surface area is 267 Å². The summed E-state index contributed by atoms with van der Waals surface area (Å²) < 4.78 is 6.45. The molecule has 1 aliphatic heterocycles. The zero-order valence-corrected chi connectivity index (χ0v) is 24.9. The van der Waals surface area contributed by atoms with Crippen molar-refractivity contribution in [2.45, 2.75) is 5.41 Å². The maximum Gasteiger partial charge on any atom is 0.135 e. The van der Waals surface area contributed by atoms with Gasteiger partial charge in [-0.25, -0.2) is 0 Å². The summed E-state index contributed by atoms with van der Waals surface area (Å²) >= 11 is 0. The molecule has 0 amide bonds. The number of fused-ring (bicyclic) bond motifs is 14. The van der Waals surface area contributed by atoms with Crippen LogP contribution in [0.25, 0.3) is 66.1 Å². The maximum absolute atomic E-state index is 6.45. The lowest BCUT2D eigenvalue weighted by Gasteiger charge is -2.32. The molecule has 0 aromatic heterocycles. The van der Waals surface area contributed by atoms with E-state index in [1.54, 1.807) is 0 Å². The highest BCUT2D eigenvalue weighted by atomic mass is 16.5. The van der Waals surface area contributed by atoms with Gasteiger partial charge in [-0.15, -0.1) is 0 Å². The first kappa shape index (κ1) is 24.4. The van der Waals surface area contributed by atoms with Crippen molar-refractivity contribution in [3.05, 3.63) is 180 Å². The van der Waals surface area contributed by atoms with Crippen LogP contribution >= 0.6 is 0 Å². The van der Waals surface area contributed by atoms with Gasteiger partial charge in [0.25, 0.3) is 0 Å². The Morgan fingerprint density at radius 3 is 1.87 bits per heavy atom. The standard InChI is InChI=1S/C45H26O/c1-2-11-30-27(10-1)20-23-37-32-13-4-7-18-39(32)45(44(30)37)38-17-6-3-12-31(38)33-22-21-28(26-40(33)45)29-24-25-42-43-35(29)15-9-16-36(43)34-14-5-8-19-41(34)46-42/h1-26H. The lowest BCUT2D eigenvalue weighted by atomic mass is 9.69. The summed E-state index contributed by atoms with van der Waals surface area (Å²) in [7, 11) is 0. The fourth-order valence-corrected chi connectivity index (χ4v) is 8.92. The van der Waals surface area contributed by atoms with Crippen molar-refractivity contribution in [1.82, 2.24) is 0 Å². The molecule has 1 nitrogen and oxygen atoms in total. The van der Waals surface area contributed by atoms with Gasteiger partial charge in [-0.3, -0.25) is 0 Å². The lowest BCUT2D eigenvalue weighted by Crippen LogP contribution is -2.26. The highest BCUT2D eigenvalue weighted by Gasteiger charge is 2.52. The first-order valence-electron chi connectivity index (χ1n) is 16.0. The number of rotatable bonds is 1. The SMILES string of the molecule is c1ccc2c(c1)Oc1ccc(-c3ccc4c(c3)C3(c5ccccc5-4)c4ccccc4-c4ccc5ccccc5c43)c3cccc-2c13. The van der Waals surface area contributed by atoms with Crippen molar-refractivity contribution < 1.29 is 4.74 Å². The minimum atomic E-state index is -0.414. The van der Waals surface area contributed by atoms with Crippen molar-refractivity contribution in [1.29, 1.82) is 0 Å². The topological polar surface area (TPSA) is 9.23 Å². The van der Waals surface area contributed by atoms with Crippen LogP contribution in [0.5, 0.6) is 11.5 Å². The van der Waals surface area contributed by atoms with Gasteiger partial charge in [-0.1, -0.05) is 140 Å². The first-order chi connectivity index (χ1) is 22.8. The summed E-state index contributed by atoms with van der Waals surface area (Å²) in [6, 6.07) is 58.3. The molecule has 46 heavy (non-hydrogen) atoms. The summed E-state index contributed by atoms with van der Waals surface area (Å²) in [5, 5.41) is 4.99. The van der Waals surface area contributed by atoms with Gasteiger partial charge in [-0.2, -0.15) is 0 Å². The molecule has 0 fully saturated rings. The average molecular weight is 583 g/mol. The highest BCUT2D eigenvalue weighted by molar-refractivity contribution is 6.10. The molecule has 0 bridgehead atoms. The molecule has 0 N–H and O–H groups in total. The molecule has 0 saturated heterocycles. The predicted molar refractivity (Wildman–Crippen MR) is 189 cm³/mol. The average Bonchev–Trinajstić information content (AvgIpc) is 3.59. The number of benzene rings is 8. The van der Waals surface area contributed by atoms with E-state index < -0.39 is 5.41 Å². The van der Waals surface area contributed by atoms with E-state index in [2.05, 4.69) is 152 Å². The molecule has 1 unspecified atom stereocenters. The summed E-state index contributed by atoms with van der Waals surface area (Å²) in [4.78, 5) is 0. The van der Waals surface area contributed by atoms with E-state index in [-0.39, 0.29) is 0 Å². The number of hydrogen-bond acceptors (Lipinski definition) is 1. The molecule has 0 radical (unpaired) electrons. The second-order valence-electron chi connectivity index (χ2n) is 12.7. The molecule has 1 spiro atoms. The Bertz CT molecular complexity index is 2610. The molecule has 3 aliphatic rings. The van der Waals surface area contributed by atoms with Crippen molar-refractivity contribution in [2.24, 2.45) is 0 Å². The molecule has 212 valence electrons. The Balaban J connectivity index is 1.24. The van der Waals surface area contributed by atoms with Gasteiger partial charge in [-0.05, 0) is 95.6 Å². The molecule has 0 saturated carbocycles. The molecule has 1 atom stereocenters. The first-order valence-corrected chi connectivity index (χ1v) is 16.0. The van der Waals surface area contributed by atoms with Gasteiger partial charge in [0.05, 0.1) is 5.41 Å². The molecule has 1 heterocycles. The van der Waals surface area contributed by atoms with Gasteiger partial charge < -0.3 is 4.74 Å². The fourth-order valence-electron chi connectivity index (χ4n) is 8.92. The quantitative estimate of drug-likeness (QED) is 0.187. The van der Waals surface area contributed by atoms with Crippen LogP contribution in [0, 0.1) is 0 Å². The van der Waals surface area contributed by atoms with E-state index >= 15 is 0 Å². The van der Waals surface area contributed by atoms with Gasteiger partial charge in [0.1, 0.15) is 11.5 Å². The Morgan fingerprint density at radius 1 is 0.370 bits per heavy atom. The van der Waals surface area contributed by atoms with E-state index in [4.69, 9.17) is 4.74 Å². The largest absolute Gasteiger partial charge is 0.456 e. The van der Waals surface area contributed by atoms with Crippen LogP contribution in [-0.2, 0) is 5.41 Å². The van der Waals surface area contributed by atoms with Crippen LogP contribution in [0.1, 0.15) is 22.3 Å². The zero-order chi connectivity index (χ0) is 30.0. The van der Waals surface area contributed by atoms with E-state index in [1.165, 1.54) is 82.7 Å². The smallest absolute Gasteiger partial charge is 0.135 e. The fraction of sp³-hybridized carbons (Fsp3) is 0.0222. The monoisotopic (exact) mass is 582 g/mol. The van der Waals surface area contributed by atoms with Crippen LogP contribution in [-0.4, -0.2) is 0 Å². The summed E-state index contributed by atoms with van der Waals surface area (Å²) in [5.41, 5.74) is 15.2. The van der Waals surface area contributed by atoms with Crippen molar-refractivity contribution >= 4 is 21.5 Å². The number of hydrogen-bond donors (Lipinski definition) is 0. The van der Waals surface area contributed by atoms with Crippen LogP contribution in [0.15, 0.2) is 158 Å². The number of ether oxygens (including phenoxy) is 1. The van der Waals surface area contributed by atoms with Crippen LogP contribution in [0.4, 0.5) is 0 Å². The highest BCUT2D eigenvalue weighted by Crippen LogP contribution is 2.64.